The largest absolute Gasteiger partial charge is 0.365 e. The molecule has 1 aliphatic rings. The summed E-state index contributed by atoms with van der Waals surface area (Å²) < 4.78 is 12.9. The van der Waals surface area contributed by atoms with Crippen LogP contribution >= 0.6 is 0 Å². The molecule has 0 radical (unpaired) electrons. The summed E-state index contributed by atoms with van der Waals surface area (Å²) in [5.74, 6) is -0.317. The molecule has 2 N–H and O–H groups in total. The molecule has 0 atom stereocenters. The minimum absolute atomic E-state index is 0.156. The van der Waals surface area contributed by atoms with Crippen LogP contribution in [0.3, 0.4) is 0 Å². The molecule has 3 rings (SSSR count). The van der Waals surface area contributed by atoms with E-state index in [-0.39, 0.29) is 11.8 Å². The molecule has 1 aromatic carbocycles. The Morgan fingerprint density at radius 3 is 2.39 bits per heavy atom. The lowest BCUT2D eigenvalue weighted by Crippen LogP contribution is -2.50. The number of anilines is 2. The molecule has 2 amide bonds. The first kappa shape index (κ1) is 15.3. The van der Waals surface area contributed by atoms with E-state index >= 15 is 0 Å². The van der Waals surface area contributed by atoms with Gasteiger partial charge in [-0.3, -0.25) is 5.10 Å². The third kappa shape index (κ3) is 3.28. The number of carbonyl (C=O) groups excluding carboxylic acids is 1. The molecule has 2 aromatic rings. The molecule has 1 fully saturated rings. The smallest absolute Gasteiger partial charge is 0.321 e. The van der Waals surface area contributed by atoms with E-state index in [9.17, 15) is 9.18 Å². The van der Waals surface area contributed by atoms with E-state index in [0.29, 0.717) is 18.8 Å². The summed E-state index contributed by atoms with van der Waals surface area (Å²) in [5.41, 5.74) is 3.75. The van der Waals surface area contributed by atoms with Crippen molar-refractivity contribution in [3.8, 4) is 0 Å². The zero-order chi connectivity index (χ0) is 16.4. The number of halogens is 1. The van der Waals surface area contributed by atoms with Crippen LogP contribution in [0.4, 0.5) is 20.6 Å². The van der Waals surface area contributed by atoms with E-state index in [1.807, 2.05) is 13.8 Å². The quantitative estimate of drug-likeness (QED) is 0.894. The van der Waals surface area contributed by atoms with Gasteiger partial charge in [-0.15, -0.1) is 0 Å². The van der Waals surface area contributed by atoms with Crippen molar-refractivity contribution >= 4 is 17.4 Å². The van der Waals surface area contributed by atoms with Gasteiger partial charge in [-0.2, -0.15) is 5.10 Å². The number of carbonyl (C=O) groups is 1. The van der Waals surface area contributed by atoms with Crippen molar-refractivity contribution in [2.24, 2.45) is 0 Å². The van der Waals surface area contributed by atoms with Gasteiger partial charge in [0.15, 0.2) is 0 Å². The fourth-order valence-corrected chi connectivity index (χ4v) is 2.88. The highest BCUT2D eigenvalue weighted by Gasteiger charge is 2.24. The number of aromatic amines is 1. The molecule has 122 valence electrons. The second-order valence-electron chi connectivity index (χ2n) is 5.69. The van der Waals surface area contributed by atoms with Crippen LogP contribution in [-0.2, 0) is 0 Å². The van der Waals surface area contributed by atoms with Crippen LogP contribution in [0.1, 0.15) is 11.4 Å². The van der Waals surface area contributed by atoms with Crippen LogP contribution in [0.2, 0.25) is 0 Å². The highest BCUT2D eigenvalue weighted by Crippen LogP contribution is 2.23. The minimum Gasteiger partial charge on any atom is -0.365 e. The normalized spacial score (nSPS) is 14.9. The molecule has 1 aromatic heterocycles. The van der Waals surface area contributed by atoms with Crippen molar-refractivity contribution in [1.29, 1.82) is 0 Å². The monoisotopic (exact) mass is 317 g/mol. The van der Waals surface area contributed by atoms with E-state index in [1.165, 1.54) is 12.1 Å². The van der Waals surface area contributed by atoms with Crippen LogP contribution < -0.4 is 10.2 Å². The standard InChI is InChI=1S/C16H20FN5O/c1-11-15(12(2)20-19-11)21-7-9-22(10-8-21)16(23)18-14-5-3-13(17)4-6-14/h3-6H,7-10H2,1-2H3,(H,18,23)(H,19,20). The Morgan fingerprint density at radius 2 is 1.83 bits per heavy atom. The molecule has 1 saturated heterocycles. The second kappa shape index (κ2) is 6.28. The maximum Gasteiger partial charge on any atom is 0.321 e. The van der Waals surface area contributed by atoms with Crippen molar-refractivity contribution in [1.82, 2.24) is 15.1 Å². The third-order valence-electron chi connectivity index (χ3n) is 4.07. The van der Waals surface area contributed by atoms with E-state index in [0.717, 1.165) is 30.2 Å². The summed E-state index contributed by atoms with van der Waals surface area (Å²) >= 11 is 0. The third-order valence-corrected chi connectivity index (χ3v) is 4.07. The van der Waals surface area contributed by atoms with E-state index in [4.69, 9.17) is 0 Å². The van der Waals surface area contributed by atoms with Gasteiger partial charge in [-0.1, -0.05) is 0 Å². The number of hydrogen-bond donors (Lipinski definition) is 2. The first-order chi connectivity index (χ1) is 11.0. The molecular weight excluding hydrogens is 297 g/mol. The number of nitrogens with one attached hydrogen (secondary N) is 2. The number of H-pyrrole nitrogens is 1. The molecule has 23 heavy (non-hydrogen) atoms. The molecule has 1 aliphatic heterocycles. The molecule has 0 aliphatic carbocycles. The fourth-order valence-electron chi connectivity index (χ4n) is 2.88. The maximum absolute atomic E-state index is 12.9. The van der Waals surface area contributed by atoms with Crippen LogP contribution in [0.5, 0.6) is 0 Å². The van der Waals surface area contributed by atoms with Gasteiger partial charge >= 0.3 is 6.03 Å². The Balaban J connectivity index is 1.58. The number of aromatic nitrogens is 2. The Labute approximate surface area is 134 Å². The number of rotatable bonds is 2. The number of benzene rings is 1. The lowest BCUT2D eigenvalue weighted by molar-refractivity contribution is 0.208. The van der Waals surface area contributed by atoms with Crippen LogP contribution in [-0.4, -0.2) is 47.3 Å². The van der Waals surface area contributed by atoms with E-state index in [1.54, 1.807) is 17.0 Å². The predicted molar refractivity (Wildman–Crippen MR) is 87.3 cm³/mol. The van der Waals surface area contributed by atoms with Gasteiger partial charge in [0.05, 0.1) is 17.1 Å². The topological polar surface area (TPSA) is 64.3 Å². The Bertz CT molecular complexity index is 669. The van der Waals surface area contributed by atoms with E-state index in [2.05, 4.69) is 20.4 Å². The summed E-state index contributed by atoms with van der Waals surface area (Å²) in [6.45, 7) is 6.78. The average Bonchev–Trinajstić information content (AvgIpc) is 2.88. The fraction of sp³-hybridized carbons (Fsp3) is 0.375. The van der Waals surface area contributed by atoms with Crippen molar-refractivity contribution in [2.75, 3.05) is 36.4 Å². The van der Waals surface area contributed by atoms with Crippen LogP contribution in [0, 0.1) is 19.7 Å². The number of amides is 2. The van der Waals surface area contributed by atoms with Gasteiger partial charge in [0.2, 0.25) is 0 Å². The van der Waals surface area contributed by atoms with Gasteiger partial charge < -0.3 is 15.1 Å². The number of aryl methyl sites for hydroxylation is 2. The number of urea groups is 1. The summed E-state index contributed by atoms with van der Waals surface area (Å²) in [6, 6.07) is 5.62. The lowest BCUT2D eigenvalue weighted by atomic mass is 10.2. The summed E-state index contributed by atoms with van der Waals surface area (Å²) in [7, 11) is 0. The average molecular weight is 317 g/mol. The Morgan fingerprint density at radius 1 is 1.17 bits per heavy atom. The lowest BCUT2D eigenvalue weighted by Gasteiger charge is -2.36. The predicted octanol–water partition coefficient (Wildman–Crippen LogP) is 2.52. The van der Waals surface area contributed by atoms with Crippen LogP contribution in [0.25, 0.3) is 0 Å². The first-order valence-electron chi connectivity index (χ1n) is 7.62. The summed E-state index contributed by atoms with van der Waals surface area (Å²) in [6.07, 6.45) is 0. The number of nitrogens with zero attached hydrogens (tertiary/aromatic N) is 3. The van der Waals surface area contributed by atoms with Gasteiger partial charge in [0.25, 0.3) is 0 Å². The summed E-state index contributed by atoms with van der Waals surface area (Å²) in [4.78, 5) is 16.3. The molecule has 0 bridgehead atoms. The Kier molecular flexibility index (Phi) is 4.18. The van der Waals surface area contributed by atoms with E-state index < -0.39 is 0 Å². The van der Waals surface area contributed by atoms with Gasteiger partial charge in [0.1, 0.15) is 5.82 Å². The zero-order valence-electron chi connectivity index (χ0n) is 13.3. The van der Waals surface area contributed by atoms with Crippen molar-refractivity contribution in [3.05, 3.63) is 41.5 Å². The van der Waals surface area contributed by atoms with Gasteiger partial charge in [-0.05, 0) is 38.1 Å². The van der Waals surface area contributed by atoms with Crippen LogP contribution in [0.15, 0.2) is 24.3 Å². The molecule has 0 unspecified atom stereocenters. The zero-order valence-corrected chi connectivity index (χ0v) is 13.3. The molecule has 2 heterocycles. The second-order valence-corrected chi connectivity index (χ2v) is 5.69. The number of hydrogen-bond acceptors (Lipinski definition) is 3. The van der Waals surface area contributed by atoms with Crippen molar-refractivity contribution in [3.63, 3.8) is 0 Å². The SMILES string of the molecule is Cc1n[nH]c(C)c1N1CCN(C(=O)Nc2ccc(F)cc2)CC1. The first-order valence-corrected chi connectivity index (χ1v) is 7.62. The van der Waals surface area contributed by atoms with Crippen molar-refractivity contribution < 1.29 is 9.18 Å². The molecule has 0 saturated carbocycles. The highest BCUT2D eigenvalue weighted by atomic mass is 19.1. The van der Waals surface area contributed by atoms with Gasteiger partial charge in [-0.25, -0.2) is 9.18 Å². The van der Waals surface area contributed by atoms with Crippen molar-refractivity contribution in [2.45, 2.75) is 13.8 Å². The van der Waals surface area contributed by atoms with Gasteiger partial charge in [0, 0.05) is 31.9 Å². The molecule has 6 nitrogen and oxygen atoms in total. The Hall–Kier alpha value is -2.57. The molecule has 0 spiro atoms. The maximum atomic E-state index is 12.9. The highest BCUT2D eigenvalue weighted by molar-refractivity contribution is 5.89. The summed E-state index contributed by atoms with van der Waals surface area (Å²) in [5, 5.41) is 10.0. The number of piperazine rings is 1. The molecular formula is C16H20FN5O. The molecule has 7 heteroatoms. The minimum atomic E-state index is -0.317.